The van der Waals surface area contributed by atoms with Crippen LogP contribution < -0.4 is 10.1 Å². The van der Waals surface area contributed by atoms with Gasteiger partial charge in [0, 0.05) is 12.6 Å². The van der Waals surface area contributed by atoms with Gasteiger partial charge in [-0.1, -0.05) is 12.1 Å². The van der Waals surface area contributed by atoms with E-state index in [0.717, 1.165) is 6.20 Å². The van der Waals surface area contributed by atoms with E-state index in [-0.39, 0.29) is 5.69 Å². The first kappa shape index (κ1) is 11.3. The molecule has 0 radical (unpaired) electrons. The van der Waals surface area contributed by atoms with Crippen LogP contribution in [0.4, 0.5) is 10.3 Å². The van der Waals surface area contributed by atoms with E-state index in [2.05, 4.69) is 15.3 Å². The first-order valence-corrected chi connectivity index (χ1v) is 5.09. The van der Waals surface area contributed by atoms with Gasteiger partial charge in [0.2, 0.25) is 5.95 Å². The average molecular weight is 233 g/mol. The van der Waals surface area contributed by atoms with E-state index in [1.165, 1.54) is 0 Å². The minimum atomic E-state index is -0.461. The molecule has 0 bridgehead atoms. The van der Waals surface area contributed by atoms with Gasteiger partial charge in [0.15, 0.2) is 5.82 Å². The molecule has 1 aromatic heterocycles. The van der Waals surface area contributed by atoms with Gasteiger partial charge in [0.25, 0.3) is 0 Å². The van der Waals surface area contributed by atoms with Crippen LogP contribution in [-0.2, 0) is 0 Å². The standard InChI is InChI=1S/C12H12FN3O/c1-14-12-15-7-10(13)11(16-12)8-4-3-5-9(6-8)17-2/h3-7H,1-2H3,(H,14,15,16). The molecule has 17 heavy (non-hydrogen) atoms. The Morgan fingerprint density at radius 1 is 1.35 bits per heavy atom. The van der Waals surface area contributed by atoms with E-state index in [0.29, 0.717) is 17.3 Å². The maximum atomic E-state index is 13.6. The van der Waals surface area contributed by atoms with Crippen molar-refractivity contribution in [1.29, 1.82) is 0 Å². The van der Waals surface area contributed by atoms with Gasteiger partial charge in [-0.2, -0.15) is 0 Å². The van der Waals surface area contributed by atoms with Crippen LogP contribution in [0.15, 0.2) is 30.5 Å². The highest BCUT2D eigenvalue weighted by atomic mass is 19.1. The number of aromatic nitrogens is 2. The van der Waals surface area contributed by atoms with E-state index in [1.807, 2.05) is 0 Å². The molecule has 0 aliphatic carbocycles. The molecule has 88 valence electrons. The molecular weight excluding hydrogens is 221 g/mol. The summed E-state index contributed by atoms with van der Waals surface area (Å²) in [6.45, 7) is 0. The zero-order chi connectivity index (χ0) is 12.3. The summed E-state index contributed by atoms with van der Waals surface area (Å²) in [5.74, 6) is 0.577. The molecule has 0 amide bonds. The average Bonchev–Trinajstić information content (AvgIpc) is 2.39. The number of ether oxygens (including phenoxy) is 1. The van der Waals surface area contributed by atoms with E-state index in [1.54, 1.807) is 38.4 Å². The monoisotopic (exact) mass is 233 g/mol. The molecule has 0 aliphatic rings. The molecule has 1 aromatic carbocycles. The topological polar surface area (TPSA) is 47.0 Å². The number of hydrogen-bond acceptors (Lipinski definition) is 4. The van der Waals surface area contributed by atoms with Crippen molar-refractivity contribution in [2.45, 2.75) is 0 Å². The summed E-state index contributed by atoms with van der Waals surface area (Å²) in [6.07, 6.45) is 1.15. The molecule has 0 spiro atoms. The van der Waals surface area contributed by atoms with Gasteiger partial charge in [-0.15, -0.1) is 0 Å². The Morgan fingerprint density at radius 3 is 2.88 bits per heavy atom. The van der Waals surface area contributed by atoms with E-state index < -0.39 is 5.82 Å². The number of nitrogens with zero attached hydrogens (tertiary/aromatic N) is 2. The normalized spacial score (nSPS) is 10.1. The Morgan fingerprint density at radius 2 is 2.18 bits per heavy atom. The van der Waals surface area contributed by atoms with Crippen LogP contribution in [0.3, 0.4) is 0 Å². The maximum Gasteiger partial charge on any atom is 0.223 e. The third kappa shape index (κ3) is 2.33. The summed E-state index contributed by atoms with van der Waals surface area (Å²) in [5.41, 5.74) is 0.906. The molecule has 0 aliphatic heterocycles. The largest absolute Gasteiger partial charge is 0.497 e. The van der Waals surface area contributed by atoms with Crippen molar-refractivity contribution >= 4 is 5.95 Å². The Kier molecular flexibility index (Phi) is 3.18. The molecule has 2 aromatic rings. The Bertz CT molecular complexity index is 531. The van der Waals surface area contributed by atoms with Crippen molar-refractivity contribution in [1.82, 2.24) is 9.97 Å². The zero-order valence-corrected chi connectivity index (χ0v) is 9.57. The smallest absolute Gasteiger partial charge is 0.223 e. The molecule has 5 heteroatoms. The lowest BCUT2D eigenvalue weighted by atomic mass is 10.1. The molecule has 4 nitrogen and oxygen atoms in total. The minimum Gasteiger partial charge on any atom is -0.497 e. The number of rotatable bonds is 3. The second-order valence-corrected chi connectivity index (χ2v) is 3.37. The Balaban J connectivity index is 2.50. The molecular formula is C12H12FN3O. The van der Waals surface area contributed by atoms with Crippen molar-refractivity contribution in [3.05, 3.63) is 36.3 Å². The van der Waals surface area contributed by atoms with E-state index in [4.69, 9.17) is 4.74 Å². The molecule has 0 saturated carbocycles. The quantitative estimate of drug-likeness (QED) is 0.883. The molecule has 2 rings (SSSR count). The van der Waals surface area contributed by atoms with Gasteiger partial charge in [0.05, 0.1) is 13.3 Å². The van der Waals surface area contributed by atoms with E-state index >= 15 is 0 Å². The Hall–Kier alpha value is -2.17. The third-order valence-corrected chi connectivity index (χ3v) is 2.31. The highest BCUT2D eigenvalue weighted by Gasteiger charge is 2.09. The predicted molar refractivity (Wildman–Crippen MR) is 63.5 cm³/mol. The van der Waals surface area contributed by atoms with Gasteiger partial charge >= 0.3 is 0 Å². The molecule has 0 fully saturated rings. The SMILES string of the molecule is CNc1ncc(F)c(-c2cccc(OC)c2)n1. The minimum absolute atomic E-state index is 0.253. The van der Waals surface area contributed by atoms with Crippen molar-refractivity contribution in [3.63, 3.8) is 0 Å². The fourth-order valence-corrected chi connectivity index (χ4v) is 1.46. The highest BCUT2D eigenvalue weighted by Crippen LogP contribution is 2.24. The van der Waals surface area contributed by atoms with Crippen LogP contribution in [0.2, 0.25) is 0 Å². The van der Waals surface area contributed by atoms with Crippen LogP contribution in [0.25, 0.3) is 11.3 Å². The van der Waals surface area contributed by atoms with Crippen LogP contribution in [0, 0.1) is 5.82 Å². The zero-order valence-electron chi connectivity index (χ0n) is 9.57. The summed E-state index contributed by atoms with van der Waals surface area (Å²) < 4.78 is 18.7. The lowest BCUT2D eigenvalue weighted by molar-refractivity contribution is 0.415. The van der Waals surface area contributed by atoms with Gasteiger partial charge in [0.1, 0.15) is 11.4 Å². The molecule has 0 unspecified atom stereocenters. The first-order chi connectivity index (χ1) is 8.24. The maximum absolute atomic E-state index is 13.6. The summed E-state index contributed by atoms with van der Waals surface area (Å²) in [5, 5.41) is 2.77. The second-order valence-electron chi connectivity index (χ2n) is 3.37. The van der Waals surface area contributed by atoms with Crippen molar-refractivity contribution < 1.29 is 9.13 Å². The van der Waals surface area contributed by atoms with Gasteiger partial charge in [-0.25, -0.2) is 14.4 Å². The molecule has 0 atom stereocenters. The van der Waals surface area contributed by atoms with Crippen LogP contribution in [-0.4, -0.2) is 24.1 Å². The van der Waals surface area contributed by atoms with E-state index in [9.17, 15) is 4.39 Å². The van der Waals surface area contributed by atoms with Crippen LogP contribution in [0.1, 0.15) is 0 Å². The van der Waals surface area contributed by atoms with Crippen molar-refractivity contribution in [2.75, 3.05) is 19.5 Å². The molecule has 0 saturated heterocycles. The fraction of sp³-hybridized carbons (Fsp3) is 0.167. The number of nitrogens with one attached hydrogen (secondary N) is 1. The lowest BCUT2D eigenvalue weighted by Gasteiger charge is -2.06. The van der Waals surface area contributed by atoms with Gasteiger partial charge < -0.3 is 10.1 Å². The van der Waals surface area contributed by atoms with Crippen molar-refractivity contribution in [3.8, 4) is 17.0 Å². The number of methoxy groups -OCH3 is 1. The second kappa shape index (κ2) is 4.78. The predicted octanol–water partition coefficient (Wildman–Crippen LogP) is 2.33. The molecule has 1 heterocycles. The summed E-state index contributed by atoms with van der Waals surface area (Å²) >= 11 is 0. The number of halogens is 1. The summed E-state index contributed by atoms with van der Waals surface area (Å²) in [7, 11) is 3.25. The lowest BCUT2D eigenvalue weighted by Crippen LogP contribution is -1.99. The Labute approximate surface area is 98.5 Å². The van der Waals surface area contributed by atoms with Crippen LogP contribution in [0.5, 0.6) is 5.75 Å². The summed E-state index contributed by atoms with van der Waals surface area (Å²) in [6, 6.07) is 7.08. The van der Waals surface area contributed by atoms with Crippen molar-refractivity contribution in [2.24, 2.45) is 0 Å². The fourth-order valence-electron chi connectivity index (χ4n) is 1.46. The number of benzene rings is 1. The van der Waals surface area contributed by atoms with Gasteiger partial charge in [-0.05, 0) is 12.1 Å². The highest BCUT2D eigenvalue weighted by molar-refractivity contribution is 5.62. The molecule has 1 N–H and O–H groups in total. The first-order valence-electron chi connectivity index (χ1n) is 5.09. The number of anilines is 1. The number of hydrogen-bond donors (Lipinski definition) is 1. The summed E-state index contributed by atoms with van der Waals surface area (Å²) in [4.78, 5) is 7.88. The van der Waals surface area contributed by atoms with Crippen LogP contribution >= 0.6 is 0 Å². The third-order valence-electron chi connectivity index (χ3n) is 2.31. The van der Waals surface area contributed by atoms with Gasteiger partial charge in [-0.3, -0.25) is 0 Å².